The third-order valence-electron chi connectivity index (χ3n) is 5.00. The largest absolute Gasteiger partial charge is 0.0955 e. The van der Waals surface area contributed by atoms with E-state index in [1.54, 1.807) is 0 Å². The summed E-state index contributed by atoms with van der Waals surface area (Å²) < 4.78 is 0. The fourth-order valence-corrected chi connectivity index (χ4v) is 3.16. The lowest BCUT2D eigenvalue weighted by atomic mass is 9.99. The number of rotatable bonds is 7. The molecule has 0 N–H and O–H groups in total. The quantitative estimate of drug-likeness (QED) is 0.454. The third-order valence-corrected chi connectivity index (χ3v) is 5.00. The van der Waals surface area contributed by atoms with Crippen LogP contribution in [0.2, 0.25) is 0 Å². The second kappa shape index (κ2) is 8.67. The molecule has 0 unspecified atom stereocenters. The van der Waals surface area contributed by atoms with Crippen molar-refractivity contribution in [3.8, 4) is 0 Å². The van der Waals surface area contributed by atoms with E-state index in [0.717, 1.165) is 31.3 Å². The molecule has 0 aliphatic heterocycles. The molecule has 3 aromatic rings. The predicted molar refractivity (Wildman–Crippen MR) is 114 cm³/mol. The Bertz CT molecular complexity index is 834. The molecule has 0 atom stereocenters. The van der Waals surface area contributed by atoms with Crippen molar-refractivity contribution in [2.24, 2.45) is 0 Å². The van der Waals surface area contributed by atoms with E-state index in [4.69, 9.17) is 0 Å². The standard InChI is InChI=1S/C26H28/c1-20(2)26-18-16-25(17-19-26)15-14-24-12-10-23(11-13-24)9-8-22-6-4-21(3)5-7-22/h4-7,10-13,16-19H,1,8-9,14-15H2,2-3H3. The maximum Gasteiger partial charge on any atom is -0.0233 e. The molecule has 0 radical (unpaired) electrons. The molecule has 0 saturated heterocycles. The first-order chi connectivity index (χ1) is 12.6. The van der Waals surface area contributed by atoms with E-state index >= 15 is 0 Å². The summed E-state index contributed by atoms with van der Waals surface area (Å²) in [6.07, 6.45) is 4.38. The Morgan fingerprint density at radius 1 is 0.577 bits per heavy atom. The van der Waals surface area contributed by atoms with Crippen LogP contribution in [0.5, 0.6) is 0 Å². The summed E-state index contributed by atoms with van der Waals surface area (Å²) in [4.78, 5) is 0. The molecule has 3 aromatic carbocycles. The average Bonchev–Trinajstić information content (AvgIpc) is 2.67. The monoisotopic (exact) mass is 340 g/mol. The smallest absolute Gasteiger partial charge is 0.0233 e. The van der Waals surface area contributed by atoms with Crippen LogP contribution in [0.25, 0.3) is 5.57 Å². The molecule has 3 rings (SSSR count). The Morgan fingerprint density at radius 2 is 0.885 bits per heavy atom. The number of hydrogen-bond acceptors (Lipinski definition) is 0. The Kier molecular flexibility index (Phi) is 6.07. The molecule has 0 nitrogen and oxygen atoms in total. The number of allylic oxidation sites excluding steroid dienone is 1. The summed E-state index contributed by atoms with van der Waals surface area (Å²) in [6, 6.07) is 26.8. The number of benzene rings is 3. The van der Waals surface area contributed by atoms with Crippen molar-refractivity contribution >= 4 is 5.57 Å². The van der Waals surface area contributed by atoms with Crippen LogP contribution in [0.1, 0.15) is 40.3 Å². The van der Waals surface area contributed by atoms with E-state index in [1.807, 2.05) is 0 Å². The van der Waals surface area contributed by atoms with Crippen molar-refractivity contribution in [2.45, 2.75) is 39.5 Å². The Morgan fingerprint density at radius 3 is 1.23 bits per heavy atom. The van der Waals surface area contributed by atoms with E-state index in [0.29, 0.717) is 0 Å². The molecule has 26 heavy (non-hydrogen) atoms. The van der Waals surface area contributed by atoms with E-state index in [1.165, 1.54) is 33.4 Å². The van der Waals surface area contributed by atoms with Gasteiger partial charge in [0.1, 0.15) is 0 Å². The Hall–Kier alpha value is -2.60. The van der Waals surface area contributed by atoms with E-state index in [9.17, 15) is 0 Å². The Balaban J connectivity index is 1.50. The maximum atomic E-state index is 4.00. The molecule has 0 amide bonds. The van der Waals surface area contributed by atoms with Crippen molar-refractivity contribution < 1.29 is 0 Å². The van der Waals surface area contributed by atoms with Crippen molar-refractivity contribution in [1.29, 1.82) is 0 Å². The van der Waals surface area contributed by atoms with E-state index < -0.39 is 0 Å². The Labute approximate surface area is 158 Å². The molecule has 0 bridgehead atoms. The number of hydrogen-bond donors (Lipinski definition) is 0. The summed E-state index contributed by atoms with van der Waals surface area (Å²) in [5, 5.41) is 0. The van der Waals surface area contributed by atoms with Gasteiger partial charge in [0.25, 0.3) is 0 Å². The molecule has 0 heterocycles. The van der Waals surface area contributed by atoms with Gasteiger partial charge in [-0.15, -0.1) is 0 Å². The molecule has 0 aromatic heterocycles. The molecule has 0 aliphatic carbocycles. The van der Waals surface area contributed by atoms with Gasteiger partial charge in [-0.2, -0.15) is 0 Å². The third kappa shape index (κ3) is 5.20. The van der Waals surface area contributed by atoms with Gasteiger partial charge in [0.05, 0.1) is 0 Å². The normalized spacial score (nSPS) is 10.7. The SMILES string of the molecule is C=C(C)c1ccc(CCc2ccc(CCc3ccc(C)cc3)cc2)cc1. The van der Waals surface area contributed by atoms with Crippen LogP contribution in [0.3, 0.4) is 0 Å². The highest BCUT2D eigenvalue weighted by atomic mass is 14.1. The lowest BCUT2D eigenvalue weighted by molar-refractivity contribution is 0.939. The van der Waals surface area contributed by atoms with Gasteiger partial charge in [0.15, 0.2) is 0 Å². The summed E-state index contributed by atoms with van der Waals surface area (Å²) in [6.45, 7) is 8.18. The van der Waals surface area contributed by atoms with Crippen LogP contribution in [0, 0.1) is 6.92 Å². The highest BCUT2D eigenvalue weighted by Crippen LogP contribution is 2.15. The zero-order chi connectivity index (χ0) is 18.4. The van der Waals surface area contributed by atoms with Gasteiger partial charge < -0.3 is 0 Å². The van der Waals surface area contributed by atoms with Gasteiger partial charge in [-0.3, -0.25) is 0 Å². The topological polar surface area (TPSA) is 0 Å². The highest BCUT2D eigenvalue weighted by Gasteiger charge is 2.00. The van der Waals surface area contributed by atoms with Crippen LogP contribution >= 0.6 is 0 Å². The van der Waals surface area contributed by atoms with Gasteiger partial charge in [-0.25, -0.2) is 0 Å². The van der Waals surface area contributed by atoms with Crippen LogP contribution in [0.15, 0.2) is 79.4 Å². The summed E-state index contributed by atoms with van der Waals surface area (Å²) >= 11 is 0. The summed E-state index contributed by atoms with van der Waals surface area (Å²) in [5.41, 5.74) is 9.31. The number of aryl methyl sites for hydroxylation is 5. The van der Waals surface area contributed by atoms with Crippen molar-refractivity contribution in [2.75, 3.05) is 0 Å². The fourth-order valence-electron chi connectivity index (χ4n) is 3.16. The van der Waals surface area contributed by atoms with E-state index in [-0.39, 0.29) is 0 Å². The van der Waals surface area contributed by atoms with Gasteiger partial charge in [0.2, 0.25) is 0 Å². The molecule has 0 spiro atoms. The maximum absolute atomic E-state index is 4.00. The highest BCUT2D eigenvalue weighted by molar-refractivity contribution is 5.61. The van der Waals surface area contributed by atoms with E-state index in [2.05, 4.69) is 93.2 Å². The predicted octanol–water partition coefficient (Wildman–Crippen LogP) is 6.60. The average molecular weight is 341 g/mol. The molecule has 0 fully saturated rings. The second-order valence-electron chi connectivity index (χ2n) is 7.28. The molecule has 0 heteroatoms. The minimum atomic E-state index is 1.08. The lowest BCUT2D eigenvalue weighted by Gasteiger charge is -2.07. The zero-order valence-corrected chi connectivity index (χ0v) is 16.0. The van der Waals surface area contributed by atoms with Gasteiger partial charge >= 0.3 is 0 Å². The van der Waals surface area contributed by atoms with Gasteiger partial charge in [-0.05, 0) is 67.3 Å². The van der Waals surface area contributed by atoms with Gasteiger partial charge in [-0.1, -0.05) is 90.5 Å². The molecular weight excluding hydrogens is 312 g/mol. The lowest BCUT2D eigenvalue weighted by Crippen LogP contribution is -1.94. The fraction of sp³-hybridized carbons (Fsp3) is 0.231. The summed E-state index contributed by atoms with van der Waals surface area (Å²) in [5.74, 6) is 0. The van der Waals surface area contributed by atoms with Crippen molar-refractivity contribution in [1.82, 2.24) is 0 Å². The minimum Gasteiger partial charge on any atom is -0.0955 e. The molecule has 132 valence electrons. The summed E-state index contributed by atoms with van der Waals surface area (Å²) in [7, 11) is 0. The van der Waals surface area contributed by atoms with Crippen molar-refractivity contribution in [3.05, 3.63) is 113 Å². The minimum absolute atomic E-state index is 1.08. The van der Waals surface area contributed by atoms with Gasteiger partial charge in [0, 0.05) is 0 Å². The first kappa shape index (κ1) is 18.2. The first-order valence-electron chi connectivity index (χ1n) is 9.48. The van der Waals surface area contributed by atoms with Crippen molar-refractivity contribution in [3.63, 3.8) is 0 Å². The van der Waals surface area contributed by atoms with Crippen LogP contribution < -0.4 is 0 Å². The second-order valence-corrected chi connectivity index (χ2v) is 7.28. The zero-order valence-electron chi connectivity index (χ0n) is 16.0. The molecular formula is C26H28. The van der Waals surface area contributed by atoms with Crippen LogP contribution in [-0.2, 0) is 25.7 Å². The van der Waals surface area contributed by atoms with Crippen LogP contribution in [0.4, 0.5) is 0 Å². The molecule has 0 saturated carbocycles. The first-order valence-corrected chi connectivity index (χ1v) is 9.48. The van der Waals surface area contributed by atoms with Crippen LogP contribution in [-0.4, -0.2) is 0 Å². The molecule has 0 aliphatic rings.